The lowest BCUT2D eigenvalue weighted by Crippen LogP contribution is -2.23. The highest BCUT2D eigenvalue weighted by atomic mass is 16.3. The molecule has 5 rings (SSSR count). The summed E-state index contributed by atoms with van der Waals surface area (Å²) in [5.41, 5.74) is 4.50. The first kappa shape index (κ1) is 23.7. The van der Waals surface area contributed by atoms with Gasteiger partial charge in [0.1, 0.15) is 22.7 Å². The fourth-order valence-electron chi connectivity index (χ4n) is 5.04. The Bertz CT molecular complexity index is 1630. The van der Waals surface area contributed by atoms with Gasteiger partial charge in [-0.1, -0.05) is 64.1 Å². The van der Waals surface area contributed by atoms with E-state index in [1.165, 1.54) is 0 Å². The minimum atomic E-state index is -0.370. The molecule has 0 bridgehead atoms. The third-order valence-corrected chi connectivity index (χ3v) is 7.83. The van der Waals surface area contributed by atoms with E-state index in [1.807, 2.05) is 60.7 Å². The van der Waals surface area contributed by atoms with Gasteiger partial charge in [-0.05, 0) is 77.2 Å². The van der Waals surface area contributed by atoms with E-state index in [0.29, 0.717) is 21.9 Å². The van der Waals surface area contributed by atoms with Crippen molar-refractivity contribution in [3.05, 3.63) is 117 Å². The number of hydrogen-bond acceptors (Lipinski definition) is 4. The second-order valence-electron chi connectivity index (χ2n) is 10.3. The smallest absolute Gasteiger partial charge is 0.200 e. The Labute approximate surface area is 210 Å². The van der Waals surface area contributed by atoms with Crippen molar-refractivity contribution >= 4 is 21.9 Å². The first-order valence-corrected chi connectivity index (χ1v) is 12.2. The molecule has 0 saturated heterocycles. The minimum Gasteiger partial charge on any atom is -0.508 e. The van der Waals surface area contributed by atoms with Crippen LogP contribution in [0.1, 0.15) is 56.4 Å². The molecular weight excluding hydrogens is 448 g/mol. The maximum atomic E-state index is 13.8. The number of phenolic OH excluding ortho intramolecular Hbond substituents is 2. The molecule has 1 atom stereocenters. The molecule has 1 aromatic heterocycles. The summed E-state index contributed by atoms with van der Waals surface area (Å²) in [4.78, 5) is 13.8. The van der Waals surface area contributed by atoms with Crippen LogP contribution in [0.2, 0.25) is 0 Å². The van der Waals surface area contributed by atoms with E-state index in [4.69, 9.17) is 4.42 Å². The van der Waals surface area contributed by atoms with Crippen LogP contribution in [0.5, 0.6) is 11.5 Å². The van der Waals surface area contributed by atoms with E-state index in [-0.39, 0.29) is 27.8 Å². The predicted octanol–water partition coefficient (Wildman–Crippen LogP) is 7.40. The van der Waals surface area contributed by atoms with Gasteiger partial charge in [0.2, 0.25) is 5.43 Å². The van der Waals surface area contributed by atoms with Gasteiger partial charge in [-0.15, -0.1) is 0 Å². The van der Waals surface area contributed by atoms with E-state index < -0.39 is 0 Å². The van der Waals surface area contributed by atoms with Crippen molar-refractivity contribution in [1.29, 1.82) is 0 Å². The van der Waals surface area contributed by atoms with Crippen LogP contribution in [-0.2, 0) is 10.8 Å². The average molecular weight is 479 g/mol. The normalized spacial score (nSPS) is 13.7. The van der Waals surface area contributed by atoms with Crippen LogP contribution >= 0.6 is 0 Å². The van der Waals surface area contributed by atoms with Crippen LogP contribution in [0.3, 0.4) is 0 Å². The molecule has 0 aliphatic rings. The molecule has 5 aromatic rings. The fraction of sp³-hybridized carbons (Fsp3) is 0.219. The molecule has 0 aliphatic carbocycles. The van der Waals surface area contributed by atoms with Crippen LogP contribution in [0.25, 0.3) is 21.9 Å². The number of fused-ring (bicyclic) bond motifs is 2. The van der Waals surface area contributed by atoms with Gasteiger partial charge in [0, 0.05) is 10.8 Å². The molecule has 4 heteroatoms. The molecule has 2 N–H and O–H groups in total. The Balaban J connectivity index is 1.66. The third kappa shape index (κ3) is 3.83. The maximum Gasteiger partial charge on any atom is 0.200 e. The molecule has 4 aromatic carbocycles. The molecule has 0 spiro atoms. The molecule has 1 heterocycles. The van der Waals surface area contributed by atoms with E-state index in [1.54, 1.807) is 24.3 Å². The van der Waals surface area contributed by atoms with Gasteiger partial charge in [-0.3, -0.25) is 4.79 Å². The molecule has 4 nitrogen and oxygen atoms in total. The van der Waals surface area contributed by atoms with Gasteiger partial charge in [-0.25, -0.2) is 0 Å². The first-order valence-electron chi connectivity index (χ1n) is 12.2. The fourth-order valence-corrected chi connectivity index (χ4v) is 5.04. The molecule has 1 unspecified atom stereocenters. The molecule has 0 aliphatic heterocycles. The number of rotatable bonds is 5. The molecular formula is C32H30O4. The van der Waals surface area contributed by atoms with Crippen molar-refractivity contribution in [2.24, 2.45) is 0 Å². The number of aromatic hydroxyl groups is 2. The Kier molecular flexibility index (Phi) is 5.63. The Morgan fingerprint density at radius 2 is 1.08 bits per heavy atom. The van der Waals surface area contributed by atoms with E-state index in [2.05, 4.69) is 27.7 Å². The molecule has 36 heavy (non-hydrogen) atoms. The summed E-state index contributed by atoms with van der Waals surface area (Å²) in [6.45, 7) is 8.48. The lowest BCUT2D eigenvalue weighted by atomic mass is 9.74. The monoisotopic (exact) mass is 478 g/mol. The van der Waals surface area contributed by atoms with Gasteiger partial charge in [-0.2, -0.15) is 0 Å². The number of hydrogen-bond donors (Lipinski definition) is 2. The summed E-state index contributed by atoms with van der Waals surface area (Å²) < 4.78 is 6.17. The quantitative estimate of drug-likeness (QED) is 0.258. The standard InChI is InChI=1S/C32H30O4/c1-5-32(4,21-8-14-25(34)15-9-21)23-11-17-29-27(19-23)30(35)26-18-22(10-16-28(26)36-29)31(2,3)20-6-12-24(33)13-7-20/h6-19,33-34H,5H2,1-4H3. The van der Waals surface area contributed by atoms with Crippen molar-refractivity contribution in [1.82, 2.24) is 0 Å². The van der Waals surface area contributed by atoms with Crippen LogP contribution in [0.15, 0.2) is 94.1 Å². The summed E-state index contributed by atoms with van der Waals surface area (Å²) in [5, 5.41) is 20.5. The third-order valence-electron chi connectivity index (χ3n) is 7.83. The largest absolute Gasteiger partial charge is 0.508 e. The summed E-state index contributed by atoms with van der Waals surface area (Å²) in [6, 6.07) is 26.1. The first-order chi connectivity index (χ1) is 17.1. The molecule has 182 valence electrons. The van der Waals surface area contributed by atoms with Crippen molar-refractivity contribution in [3.63, 3.8) is 0 Å². The van der Waals surface area contributed by atoms with Gasteiger partial charge in [0.15, 0.2) is 0 Å². The van der Waals surface area contributed by atoms with E-state index in [9.17, 15) is 15.0 Å². The second kappa shape index (κ2) is 8.56. The van der Waals surface area contributed by atoms with Crippen LogP contribution in [0, 0.1) is 0 Å². The summed E-state index contributed by atoms with van der Waals surface area (Å²) >= 11 is 0. The lowest BCUT2D eigenvalue weighted by molar-refractivity contribution is 0.473. The lowest BCUT2D eigenvalue weighted by Gasteiger charge is -2.30. The van der Waals surface area contributed by atoms with Crippen LogP contribution in [-0.4, -0.2) is 10.2 Å². The highest BCUT2D eigenvalue weighted by Gasteiger charge is 2.28. The zero-order chi connectivity index (χ0) is 25.7. The Morgan fingerprint density at radius 1 is 0.639 bits per heavy atom. The van der Waals surface area contributed by atoms with Crippen molar-refractivity contribution in [2.75, 3.05) is 0 Å². The molecule has 0 radical (unpaired) electrons. The van der Waals surface area contributed by atoms with Crippen LogP contribution in [0.4, 0.5) is 0 Å². The molecule has 0 saturated carbocycles. The highest BCUT2D eigenvalue weighted by molar-refractivity contribution is 5.90. The highest BCUT2D eigenvalue weighted by Crippen LogP contribution is 2.38. The van der Waals surface area contributed by atoms with Gasteiger partial charge in [0.25, 0.3) is 0 Å². The average Bonchev–Trinajstić information content (AvgIpc) is 2.88. The van der Waals surface area contributed by atoms with Gasteiger partial charge >= 0.3 is 0 Å². The minimum absolute atomic E-state index is 0.0550. The zero-order valence-corrected chi connectivity index (χ0v) is 21.0. The van der Waals surface area contributed by atoms with Crippen molar-refractivity contribution < 1.29 is 14.6 Å². The summed E-state index contributed by atoms with van der Waals surface area (Å²) in [5.74, 6) is 0.455. The van der Waals surface area contributed by atoms with Gasteiger partial charge < -0.3 is 14.6 Å². The van der Waals surface area contributed by atoms with Gasteiger partial charge in [0.05, 0.1) is 10.8 Å². The SMILES string of the molecule is CCC(C)(c1ccc(O)cc1)c1ccc2oc3ccc(C(C)(C)c4ccc(O)cc4)cc3c(=O)c2c1. The number of benzene rings is 4. The zero-order valence-electron chi connectivity index (χ0n) is 21.0. The summed E-state index contributed by atoms with van der Waals surface area (Å²) in [7, 11) is 0. The maximum absolute atomic E-state index is 13.8. The number of phenols is 2. The van der Waals surface area contributed by atoms with Crippen molar-refractivity contribution in [3.8, 4) is 11.5 Å². The van der Waals surface area contributed by atoms with Crippen molar-refractivity contribution in [2.45, 2.75) is 44.9 Å². The van der Waals surface area contributed by atoms with E-state index in [0.717, 1.165) is 28.7 Å². The molecule has 0 amide bonds. The Morgan fingerprint density at radius 3 is 1.61 bits per heavy atom. The summed E-state index contributed by atoms with van der Waals surface area (Å²) in [6.07, 6.45) is 0.827. The second-order valence-corrected chi connectivity index (χ2v) is 10.3. The predicted molar refractivity (Wildman–Crippen MR) is 145 cm³/mol. The molecule has 0 fully saturated rings. The topological polar surface area (TPSA) is 70.7 Å². The Hall–Kier alpha value is -4.05. The van der Waals surface area contributed by atoms with Crippen LogP contribution < -0.4 is 5.43 Å². The van der Waals surface area contributed by atoms with E-state index >= 15 is 0 Å².